The predicted octanol–water partition coefficient (Wildman–Crippen LogP) is 15.0. The first-order chi connectivity index (χ1) is 28.6. The van der Waals surface area contributed by atoms with Gasteiger partial charge in [-0.05, 0) is 145 Å². The Morgan fingerprint density at radius 1 is 0.373 bits per heavy atom. The Morgan fingerprint density at radius 2 is 0.593 bits per heavy atom. The van der Waals surface area contributed by atoms with E-state index in [1.165, 1.54) is 0 Å². The topological polar surface area (TPSA) is 72.5 Å². The maximum atomic E-state index is 14.6. The number of ether oxygens (including phenoxy) is 3. The number of rotatable bonds is 21. The molecule has 0 aliphatic rings. The van der Waals surface area contributed by atoms with Gasteiger partial charge in [-0.15, -0.1) is 37.9 Å². The van der Waals surface area contributed by atoms with Crippen LogP contribution in [0, 0.1) is 0 Å². The highest BCUT2D eigenvalue weighted by Crippen LogP contribution is 2.50. The number of phosphoric acid groups is 1. The van der Waals surface area contributed by atoms with Gasteiger partial charge >= 0.3 is 7.82 Å². The van der Waals surface area contributed by atoms with Crippen LogP contribution in [0.15, 0.2) is 160 Å². The number of thiol groups is 3. The number of hydrogen-bond donors (Lipinski definition) is 3. The summed E-state index contributed by atoms with van der Waals surface area (Å²) in [6.07, 6.45) is 4.90. The van der Waals surface area contributed by atoms with Crippen molar-refractivity contribution in [3.05, 3.63) is 162 Å². The summed E-state index contributed by atoms with van der Waals surface area (Å²) in [4.78, 5) is 2.67. The summed E-state index contributed by atoms with van der Waals surface area (Å²) in [5.41, 5.74) is 3.18. The van der Waals surface area contributed by atoms with Crippen LogP contribution in [-0.4, -0.2) is 0 Å². The summed E-state index contributed by atoms with van der Waals surface area (Å²) in [6.45, 7) is 6.37. The van der Waals surface area contributed by atoms with E-state index in [4.69, 9.17) is 27.8 Å². The van der Waals surface area contributed by atoms with E-state index in [1.54, 1.807) is 72.8 Å². The summed E-state index contributed by atoms with van der Waals surface area (Å²) in [7, 11) is -4.35. The second-order valence-electron chi connectivity index (χ2n) is 14.1. The molecule has 0 N–H and O–H groups in total. The van der Waals surface area contributed by atoms with E-state index in [0.717, 1.165) is 69.9 Å². The molecule has 0 fully saturated rings. The molecule has 0 saturated carbocycles. The fourth-order valence-corrected chi connectivity index (χ4v) is 8.11. The van der Waals surface area contributed by atoms with Crippen LogP contribution in [0.2, 0.25) is 0 Å². The van der Waals surface area contributed by atoms with Gasteiger partial charge in [-0.25, -0.2) is 0 Å². The number of hydrogen-bond acceptors (Lipinski definition) is 10. The predicted molar refractivity (Wildman–Crippen MR) is 245 cm³/mol. The largest absolute Gasteiger partial charge is 0.647 e. The summed E-state index contributed by atoms with van der Waals surface area (Å²) in [5, 5.41) is 0. The van der Waals surface area contributed by atoms with Gasteiger partial charge in [0, 0.05) is 14.7 Å². The Morgan fingerprint density at radius 3 is 0.814 bits per heavy atom. The molecule has 3 atom stereocenters. The second kappa shape index (κ2) is 21.6. The lowest BCUT2D eigenvalue weighted by atomic mass is 10.1. The molecule has 0 radical (unpaired) electrons. The molecule has 59 heavy (non-hydrogen) atoms. The maximum Gasteiger partial charge on any atom is 0.647 e. The van der Waals surface area contributed by atoms with Gasteiger partial charge in [-0.2, -0.15) is 4.57 Å². The minimum atomic E-state index is -4.35. The molecule has 7 nitrogen and oxygen atoms in total. The first-order valence-electron chi connectivity index (χ1n) is 20.0. The highest BCUT2D eigenvalue weighted by atomic mass is 32.1. The van der Waals surface area contributed by atoms with Gasteiger partial charge in [0.05, 0.1) is 0 Å². The summed E-state index contributed by atoms with van der Waals surface area (Å²) in [5.74, 6) is 2.74. The van der Waals surface area contributed by atoms with Crippen LogP contribution >= 0.6 is 45.7 Å². The molecule has 0 amide bonds. The van der Waals surface area contributed by atoms with Crippen LogP contribution in [-0.2, 0) is 4.57 Å². The van der Waals surface area contributed by atoms with Crippen LogP contribution in [0.1, 0.15) is 94.3 Å². The molecule has 0 aliphatic carbocycles. The third kappa shape index (κ3) is 13.2. The second-order valence-corrected chi connectivity index (χ2v) is 17.1. The molecule has 0 aliphatic heterocycles. The molecule has 0 saturated heterocycles. The van der Waals surface area contributed by atoms with Gasteiger partial charge in [0.1, 0.15) is 52.8 Å². The monoisotopic (exact) mass is 866 g/mol. The molecule has 6 rings (SSSR count). The van der Waals surface area contributed by atoms with E-state index < -0.39 is 7.82 Å². The standard InChI is InChI=1S/C48H51O7PS3/c1-4-7-46(34-10-28-43(57)29-11-34)50-37-16-22-40(23-17-37)53-56(49,54-41-24-18-38(19-25-41)51-47(8-5-2)35-12-30-44(58)31-13-35)55-42-26-20-39(21-27-42)52-48(9-6-3)36-14-32-45(59)33-15-36/h10-33,46-48,57-59H,4-9H2,1-3H3. The third-order valence-electron chi connectivity index (χ3n) is 9.41. The Labute approximate surface area is 365 Å². The highest BCUT2D eigenvalue weighted by Gasteiger charge is 2.33. The molecule has 0 spiro atoms. The van der Waals surface area contributed by atoms with Crippen LogP contribution in [0.3, 0.4) is 0 Å². The zero-order chi connectivity index (χ0) is 41.6. The van der Waals surface area contributed by atoms with Crippen LogP contribution in [0.5, 0.6) is 34.5 Å². The van der Waals surface area contributed by atoms with Crippen LogP contribution in [0.4, 0.5) is 0 Å². The molecule has 6 aromatic rings. The third-order valence-corrected chi connectivity index (χ3v) is 11.6. The maximum absolute atomic E-state index is 14.6. The van der Waals surface area contributed by atoms with E-state index in [9.17, 15) is 4.57 Å². The molecule has 3 unspecified atom stereocenters. The van der Waals surface area contributed by atoms with Gasteiger partial charge in [-0.1, -0.05) is 76.4 Å². The van der Waals surface area contributed by atoms with Crippen molar-refractivity contribution < 1.29 is 32.3 Å². The number of phosphoric ester groups is 1. The molecular weight excluding hydrogens is 816 g/mol. The van der Waals surface area contributed by atoms with Crippen molar-refractivity contribution in [3.8, 4) is 34.5 Å². The van der Waals surface area contributed by atoms with E-state index in [2.05, 4.69) is 58.7 Å². The molecule has 6 aromatic carbocycles. The van der Waals surface area contributed by atoms with E-state index in [1.807, 2.05) is 72.8 Å². The van der Waals surface area contributed by atoms with Crippen LogP contribution in [0.25, 0.3) is 0 Å². The quantitative estimate of drug-likeness (QED) is 0.0492. The Bertz CT molecular complexity index is 1960. The van der Waals surface area contributed by atoms with Gasteiger partial charge < -0.3 is 27.8 Å². The van der Waals surface area contributed by atoms with Gasteiger partial charge in [0.2, 0.25) is 0 Å². The fraction of sp³-hybridized carbons (Fsp3) is 0.250. The SMILES string of the molecule is CCCC(Oc1ccc(OP(=O)(Oc2ccc(OC(CCC)c3ccc(S)cc3)cc2)Oc2ccc(OC(CCC)c3ccc(S)cc3)cc2)cc1)c1ccc(S)cc1. The van der Waals surface area contributed by atoms with E-state index >= 15 is 0 Å². The minimum absolute atomic E-state index is 0.144. The van der Waals surface area contributed by atoms with Crippen molar-refractivity contribution >= 4 is 45.7 Å². The lowest BCUT2D eigenvalue weighted by Gasteiger charge is -2.22. The van der Waals surface area contributed by atoms with E-state index in [-0.39, 0.29) is 35.6 Å². The smallest absolute Gasteiger partial charge is 0.486 e. The van der Waals surface area contributed by atoms with Crippen molar-refractivity contribution in [3.63, 3.8) is 0 Å². The molecular formula is C48H51O7PS3. The molecule has 11 heteroatoms. The number of benzene rings is 6. The lowest BCUT2D eigenvalue weighted by molar-refractivity contribution is 0.193. The zero-order valence-electron chi connectivity index (χ0n) is 33.5. The average Bonchev–Trinajstić information content (AvgIpc) is 3.23. The highest BCUT2D eigenvalue weighted by molar-refractivity contribution is 7.80. The first kappa shape index (κ1) is 44.0. The molecule has 0 heterocycles. The zero-order valence-corrected chi connectivity index (χ0v) is 37.1. The lowest BCUT2D eigenvalue weighted by Crippen LogP contribution is -2.09. The fourth-order valence-electron chi connectivity index (χ4n) is 6.41. The van der Waals surface area contributed by atoms with Crippen molar-refractivity contribution in [1.29, 1.82) is 0 Å². The van der Waals surface area contributed by atoms with Crippen molar-refractivity contribution in [1.82, 2.24) is 0 Å². The summed E-state index contributed by atoms with van der Waals surface area (Å²) in [6, 6.07) is 44.7. The van der Waals surface area contributed by atoms with E-state index in [0.29, 0.717) is 17.2 Å². The molecule has 308 valence electrons. The average molecular weight is 867 g/mol. The normalized spacial score (nSPS) is 13.7. The van der Waals surface area contributed by atoms with Crippen molar-refractivity contribution in [2.45, 2.75) is 92.3 Å². The first-order valence-corrected chi connectivity index (χ1v) is 22.8. The van der Waals surface area contributed by atoms with Gasteiger partial charge in [0.15, 0.2) is 0 Å². The Balaban J connectivity index is 1.20. The Kier molecular flexibility index (Phi) is 16.1. The van der Waals surface area contributed by atoms with Crippen molar-refractivity contribution in [2.24, 2.45) is 0 Å². The summed E-state index contributed by atoms with van der Waals surface area (Å²) < 4.78 is 52.0. The Hall–Kier alpha value is -4.60. The van der Waals surface area contributed by atoms with Crippen molar-refractivity contribution in [2.75, 3.05) is 0 Å². The van der Waals surface area contributed by atoms with Crippen LogP contribution < -0.4 is 27.8 Å². The van der Waals surface area contributed by atoms with Gasteiger partial charge in [-0.3, -0.25) is 0 Å². The minimum Gasteiger partial charge on any atom is -0.486 e. The molecule has 0 bridgehead atoms. The molecule has 0 aromatic heterocycles. The van der Waals surface area contributed by atoms with Gasteiger partial charge in [0.25, 0.3) is 0 Å². The summed E-state index contributed by atoms with van der Waals surface area (Å²) >= 11 is 13.3.